The van der Waals surface area contributed by atoms with Crippen molar-refractivity contribution < 1.29 is 23.1 Å². The molecule has 0 amide bonds. The summed E-state index contributed by atoms with van der Waals surface area (Å²) < 4.78 is 30.1. The molecule has 1 heterocycles. The van der Waals surface area contributed by atoms with E-state index in [-0.39, 0.29) is 22.1 Å². The molecule has 1 aliphatic heterocycles. The Labute approximate surface area is 118 Å². The van der Waals surface area contributed by atoms with E-state index in [1.54, 1.807) is 6.92 Å². The van der Waals surface area contributed by atoms with Gasteiger partial charge < -0.3 is 9.84 Å². The van der Waals surface area contributed by atoms with Crippen LogP contribution >= 0.6 is 0 Å². The second-order valence-electron chi connectivity index (χ2n) is 5.07. The second-order valence-corrected chi connectivity index (χ2v) is 7.07. The molecule has 1 aromatic rings. The molecular formula is C14H18O5S. The number of benzene rings is 1. The minimum Gasteiger partial charge on any atom is -0.478 e. The Morgan fingerprint density at radius 3 is 2.60 bits per heavy atom. The summed E-state index contributed by atoms with van der Waals surface area (Å²) in [4.78, 5) is 11.2. The van der Waals surface area contributed by atoms with Gasteiger partial charge >= 0.3 is 5.97 Å². The van der Waals surface area contributed by atoms with Crippen molar-refractivity contribution in [2.24, 2.45) is 5.92 Å². The standard InChI is InChI=1S/C14H18O5S/c1-10-12(14(15)16)3-2-4-13(10)20(17,18)9-11-5-7-19-8-6-11/h2-4,11H,5-9H2,1H3,(H,15,16). The van der Waals surface area contributed by atoms with Crippen molar-refractivity contribution in [3.63, 3.8) is 0 Å². The predicted octanol–water partition coefficient (Wildman–Crippen LogP) is 1.89. The first-order valence-corrected chi connectivity index (χ1v) is 8.20. The molecule has 20 heavy (non-hydrogen) atoms. The Morgan fingerprint density at radius 1 is 1.35 bits per heavy atom. The van der Waals surface area contributed by atoms with Crippen LogP contribution in [0.15, 0.2) is 23.1 Å². The number of carboxylic acid groups (broad SMARTS) is 1. The van der Waals surface area contributed by atoms with Gasteiger partial charge in [-0.3, -0.25) is 0 Å². The van der Waals surface area contributed by atoms with Gasteiger partial charge in [-0.2, -0.15) is 0 Å². The summed E-state index contributed by atoms with van der Waals surface area (Å²) in [5.74, 6) is -0.965. The van der Waals surface area contributed by atoms with Gasteiger partial charge in [-0.15, -0.1) is 0 Å². The third kappa shape index (κ3) is 3.19. The van der Waals surface area contributed by atoms with Gasteiger partial charge in [0.15, 0.2) is 9.84 Å². The van der Waals surface area contributed by atoms with Gasteiger partial charge in [-0.25, -0.2) is 13.2 Å². The van der Waals surface area contributed by atoms with E-state index in [9.17, 15) is 13.2 Å². The average molecular weight is 298 g/mol. The highest BCUT2D eigenvalue weighted by Crippen LogP contribution is 2.25. The number of ether oxygens (including phenoxy) is 1. The number of carbonyl (C=O) groups is 1. The number of carboxylic acids is 1. The molecule has 0 spiro atoms. The summed E-state index contributed by atoms with van der Waals surface area (Å²) in [5, 5.41) is 9.07. The normalized spacial score (nSPS) is 17.1. The lowest BCUT2D eigenvalue weighted by molar-refractivity contribution is 0.0695. The van der Waals surface area contributed by atoms with E-state index in [1.807, 2.05) is 0 Å². The molecule has 110 valence electrons. The molecule has 0 radical (unpaired) electrons. The van der Waals surface area contributed by atoms with E-state index in [1.165, 1.54) is 18.2 Å². The highest BCUT2D eigenvalue weighted by molar-refractivity contribution is 7.91. The van der Waals surface area contributed by atoms with Crippen LogP contribution in [0.4, 0.5) is 0 Å². The van der Waals surface area contributed by atoms with E-state index in [4.69, 9.17) is 9.84 Å². The molecule has 0 aliphatic carbocycles. The third-order valence-electron chi connectivity index (χ3n) is 3.65. The summed E-state index contributed by atoms with van der Waals surface area (Å²) in [7, 11) is -3.47. The summed E-state index contributed by atoms with van der Waals surface area (Å²) in [6.07, 6.45) is 1.47. The number of sulfone groups is 1. The lowest BCUT2D eigenvalue weighted by Gasteiger charge is -2.22. The number of hydrogen-bond donors (Lipinski definition) is 1. The van der Waals surface area contributed by atoms with Gasteiger partial charge in [-0.05, 0) is 43.4 Å². The quantitative estimate of drug-likeness (QED) is 0.918. The van der Waals surface area contributed by atoms with Crippen LogP contribution in [0.2, 0.25) is 0 Å². The molecule has 1 aliphatic rings. The first kappa shape index (κ1) is 15.0. The largest absolute Gasteiger partial charge is 0.478 e. The van der Waals surface area contributed by atoms with Crippen LogP contribution in [0.5, 0.6) is 0 Å². The Balaban J connectivity index is 2.29. The number of rotatable bonds is 4. The minimum atomic E-state index is -3.47. The Morgan fingerprint density at radius 2 is 2.00 bits per heavy atom. The maximum atomic E-state index is 12.5. The van der Waals surface area contributed by atoms with Crippen molar-refractivity contribution in [3.8, 4) is 0 Å². The molecule has 0 aromatic heterocycles. The summed E-state index contributed by atoms with van der Waals surface area (Å²) >= 11 is 0. The fraction of sp³-hybridized carbons (Fsp3) is 0.500. The Bertz CT molecular complexity index is 600. The van der Waals surface area contributed by atoms with Gasteiger partial charge in [0.2, 0.25) is 0 Å². The van der Waals surface area contributed by atoms with Crippen LogP contribution in [0, 0.1) is 12.8 Å². The average Bonchev–Trinajstić information content (AvgIpc) is 2.39. The van der Waals surface area contributed by atoms with Crippen molar-refractivity contribution in [1.29, 1.82) is 0 Å². The summed E-state index contributed by atoms with van der Waals surface area (Å²) in [6, 6.07) is 4.38. The van der Waals surface area contributed by atoms with Crippen LogP contribution in [-0.4, -0.2) is 38.5 Å². The molecule has 1 N–H and O–H groups in total. The zero-order valence-electron chi connectivity index (χ0n) is 11.3. The lowest BCUT2D eigenvalue weighted by Crippen LogP contribution is -2.24. The molecule has 1 saturated heterocycles. The lowest BCUT2D eigenvalue weighted by atomic mass is 10.0. The smallest absolute Gasteiger partial charge is 0.335 e. The minimum absolute atomic E-state index is 0.0399. The zero-order chi connectivity index (χ0) is 14.8. The second kappa shape index (κ2) is 5.93. The zero-order valence-corrected chi connectivity index (χ0v) is 12.1. The van der Waals surface area contributed by atoms with E-state index in [0.29, 0.717) is 18.8 Å². The predicted molar refractivity (Wildman–Crippen MR) is 73.7 cm³/mol. The van der Waals surface area contributed by atoms with Gasteiger partial charge in [0.05, 0.1) is 16.2 Å². The van der Waals surface area contributed by atoms with Crippen molar-refractivity contribution in [3.05, 3.63) is 29.3 Å². The topological polar surface area (TPSA) is 80.7 Å². The van der Waals surface area contributed by atoms with Gasteiger partial charge in [0, 0.05) is 13.2 Å². The fourth-order valence-electron chi connectivity index (χ4n) is 2.50. The molecule has 5 nitrogen and oxygen atoms in total. The monoisotopic (exact) mass is 298 g/mol. The van der Waals surface area contributed by atoms with E-state index in [2.05, 4.69) is 0 Å². The molecule has 0 atom stereocenters. The molecule has 1 aromatic carbocycles. The van der Waals surface area contributed by atoms with Gasteiger partial charge in [0.25, 0.3) is 0 Å². The molecule has 0 saturated carbocycles. The Hall–Kier alpha value is -1.40. The Kier molecular flexibility index (Phi) is 4.45. The van der Waals surface area contributed by atoms with Crippen LogP contribution in [0.3, 0.4) is 0 Å². The first-order chi connectivity index (χ1) is 9.42. The van der Waals surface area contributed by atoms with Crippen molar-refractivity contribution >= 4 is 15.8 Å². The van der Waals surface area contributed by atoms with Crippen molar-refractivity contribution in [1.82, 2.24) is 0 Å². The maximum Gasteiger partial charge on any atom is 0.335 e. The summed E-state index contributed by atoms with van der Waals surface area (Å²) in [6.45, 7) is 2.73. The highest BCUT2D eigenvalue weighted by atomic mass is 32.2. The summed E-state index contributed by atoms with van der Waals surface area (Å²) in [5.41, 5.74) is 0.352. The van der Waals surface area contributed by atoms with Crippen LogP contribution in [0.25, 0.3) is 0 Å². The highest BCUT2D eigenvalue weighted by Gasteiger charge is 2.26. The molecule has 6 heteroatoms. The molecular weight excluding hydrogens is 280 g/mol. The maximum absolute atomic E-state index is 12.5. The third-order valence-corrected chi connectivity index (χ3v) is 5.67. The van der Waals surface area contributed by atoms with Crippen molar-refractivity contribution in [2.75, 3.05) is 19.0 Å². The SMILES string of the molecule is Cc1c(C(=O)O)cccc1S(=O)(=O)CC1CCOCC1. The van der Waals surface area contributed by atoms with Crippen molar-refractivity contribution in [2.45, 2.75) is 24.7 Å². The molecule has 0 bridgehead atoms. The fourth-order valence-corrected chi connectivity index (χ4v) is 4.49. The van der Waals surface area contributed by atoms with Crippen LogP contribution in [-0.2, 0) is 14.6 Å². The van der Waals surface area contributed by atoms with E-state index < -0.39 is 15.8 Å². The molecule has 1 fully saturated rings. The van der Waals surface area contributed by atoms with E-state index >= 15 is 0 Å². The van der Waals surface area contributed by atoms with Crippen LogP contribution < -0.4 is 0 Å². The van der Waals surface area contributed by atoms with Crippen LogP contribution in [0.1, 0.15) is 28.8 Å². The van der Waals surface area contributed by atoms with Gasteiger partial charge in [0.1, 0.15) is 0 Å². The molecule has 0 unspecified atom stereocenters. The van der Waals surface area contributed by atoms with E-state index in [0.717, 1.165) is 12.8 Å². The number of hydrogen-bond acceptors (Lipinski definition) is 4. The molecule has 2 rings (SSSR count). The van der Waals surface area contributed by atoms with Gasteiger partial charge in [-0.1, -0.05) is 6.07 Å². The first-order valence-electron chi connectivity index (χ1n) is 6.55. The number of aromatic carboxylic acids is 1.